The molecule has 1 aromatic carbocycles. The second-order valence-electron chi connectivity index (χ2n) is 4.80. The van der Waals surface area contributed by atoms with Crippen molar-refractivity contribution in [2.45, 2.75) is 31.7 Å². The molecule has 2 atom stereocenters. The molecule has 2 rings (SSSR count). The number of nitro benzene ring substituents is 1. The van der Waals surface area contributed by atoms with E-state index in [0.29, 0.717) is 16.4 Å². The largest absolute Gasteiger partial charge is 0.317 e. The maximum atomic E-state index is 10.9. The van der Waals surface area contributed by atoms with Crippen LogP contribution in [0.1, 0.15) is 24.8 Å². The predicted molar refractivity (Wildman–Crippen MR) is 74.7 cm³/mol. The third-order valence-electron chi connectivity index (χ3n) is 3.77. The Balaban J connectivity index is 2.19. The number of hydrogen-bond donors (Lipinski definition) is 1. The molecule has 98 valence electrons. The summed E-state index contributed by atoms with van der Waals surface area (Å²) in [6.45, 7) is 0. The van der Waals surface area contributed by atoms with Gasteiger partial charge >= 0.3 is 0 Å². The first-order valence-electron chi connectivity index (χ1n) is 6.22. The highest BCUT2D eigenvalue weighted by Crippen LogP contribution is 2.34. The molecule has 0 aromatic heterocycles. The molecule has 0 spiro atoms. The number of nitro groups is 1. The molecule has 0 heterocycles. The molecule has 18 heavy (non-hydrogen) atoms. The van der Waals surface area contributed by atoms with E-state index in [-0.39, 0.29) is 10.6 Å². The Bertz CT molecular complexity index is 451. The minimum absolute atomic E-state index is 0.159. The standard InChI is InChI=1S/C13H17BrN2O2/c1-15-11-6-2-4-9(11)8-10-5-3-7-12(13(10)14)16(17)18/h3,5,7,9,11,15H,2,4,6,8H2,1H3. The Morgan fingerprint density at radius 3 is 2.94 bits per heavy atom. The van der Waals surface area contributed by atoms with E-state index in [4.69, 9.17) is 0 Å². The Morgan fingerprint density at radius 1 is 1.50 bits per heavy atom. The van der Waals surface area contributed by atoms with Crippen molar-refractivity contribution in [3.05, 3.63) is 38.3 Å². The van der Waals surface area contributed by atoms with E-state index >= 15 is 0 Å². The van der Waals surface area contributed by atoms with Crippen molar-refractivity contribution in [2.24, 2.45) is 5.92 Å². The summed E-state index contributed by atoms with van der Waals surface area (Å²) in [7, 11) is 1.99. The van der Waals surface area contributed by atoms with Gasteiger partial charge in [-0.25, -0.2) is 0 Å². The van der Waals surface area contributed by atoms with Crippen molar-refractivity contribution in [3.63, 3.8) is 0 Å². The number of halogens is 1. The summed E-state index contributed by atoms with van der Waals surface area (Å²) in [6.07, 6.45) is 4.53. The predicted octanol–water partition coefficient (Wildman–Crippen LogP) is 3.29. The number of nitrogens with one attached hydrogen (secondary N) is 1. The molecule has 1 aromatic rings. The van der Waals surface area contributed by atoms with Crippen LogP contribution < -0.4 is 5.32 Å². The van der Waals surface area contributed by atoms with Gasteiger partial charge in [0, 0.05) is 12.1 Å². The normalized spacial score (nSPS) is 23.2. The molecule has 0 bridgehead atoms. The molecule has 1 saturated carbocycles. The van der Waals surface area contributed by atoms with Gasteiger partial charge in [0.1, 0.15) is 0 Å². The summed E-state index contributed by atoms with van der Waals surface area (Å²) in [5, 5.41) is 14.2. The van der Waals surface area contributed by atoms with E-state index in [2.05, 4.69) is 21.2 Å². The summed E-state index contributed by atoms with van der Waals surface area (Å²) >= 11 is 3.37. The van der Waals surface area contributed by atoms with Crippen LogP contribution in [0.15, 0.2) is 22.7 Å². The van der Waals surface area contributed by atoms with Crippen LogP contribution in [-0.2, 0) is 6.42 Å². The van der Waals surface area contributed by atoms with Crippen molar-refractivity contribution in [3.8, 4) is 0 Å². The summed E-state index contributed by atoms with van der Waals surface area (Å²) in [5.41, 5.74) is 1.20. The maximum absolute atomic E-state index is 10.9. The first-order chi connectivity index (χ1) is 8.63. The number of hydrogen-bond acceptors (Lipinski definition) is 3. The molecule has 0 saturated heterocycles. The van der Waals surface area contributed by atoms with E-state index in [9.17, 15) is 10.1 Å². The summed E-state index contributed by atoms with van der Waals surface area (Å²) in [6, 6.07) is 5.82. The van der Waals surface area contributed by atoms with Gasteiger partial charge in [-0.15, -0.1) is 0 Å². The average molecular weight is 313 g/mol. The highest BCUT2D eigenvalue weighted by Gasteiger charge is 2.27. The van der Waals surface area contributed by atoms with Gasteiger partial charge < -0.3 is 5.32 Å². The van der Waals surface area contributed by atoms with Gasteiger partial charge in [-0.3, -0.25) is 10.1 Å². The number of benzene rings is 1. The van der Waals surface area contributed by atoms with Gasteiger partial charge in [-0.1, -0.05) is 18.6 Å². The summed E-state index contributed by atoms with van der Waals surface area (Å²) < 4.78 is 0.636. The van der Waals surface area contributed by atoms with Crippen LogP contribution >= 0.6 is 15.9 Å². The average Bonchev–Trinajstić information content (AvgIpc) is 2.78. The lowest BCUT2D eigenvalue weighted by Gasteiger charge is -2.19. The fraction of sp³-hybridized carbons (Fsp3) is 0.538. The van der Waals surface area contributed by atoms with Crippen LogP contribution in [0.3, 0.4) is 0 Å². The molecule has 0 amide bonds. The van der Waals surface area contributed by atoms with Crippen LogP contribution in [-0.4, -0.2) is 18.0 Å². The van der Waals surface area contributed by atoms with Gasteiger partial charge in [-0.05, 0) is 53.7 Å². The molecule has 5 heteroatoms. The monoisotopic (exact) mass is 312 g/mol. The molecule has 1 aliphatic carbocycles. The van der Waals surface area contributed by atoms with E-state index in [1.54, 1.807) is 6.07 Å². The smallest absolute Gasteiger partial charge is 0.283 e. The van der Waals surface area contributed by atoms with E-state index in [0.717, 1.165) is 12.0 Å². The number of nitrogens with zero attached hydrogens (tertiary/aromatic N) is 1. The zero-order valence-electron chi connectivity index (χ0n) is 10.4. The van der Waals surface area contributed by atoms with Gasteiger partial charge in [0.2, 0.25) is 0 Å². The second kappa shape index (κ2) is 5.80. The van der Waals surface area contributed by atoms with Crippen LogP contribution in [0.25, 0.3) is 0 Å². The third-order valence-corrected chi connectivity index (χ3v) is 4.68. The molecular weight excluding hydrogens is 296 g/mol. The molecule has 0 aliphatic heterocycles. The van der Waals surface area contributed by atoms with Crippen molar-refractivity contribution in [2.75, 3.05) is 7.05 Å². The Morgan fingerprint density at radius 2 is 2.28 bits per heavy atom. The Kier molecular flexibility index (Phi) is 4.35. The molecule has 1 aliphatic rings. The summed E-state index contributed by atoms with van der Waals surface area (Å²) in [5.74, 6) is 0.577. The van der Waals surface area contributed by atoms with E-state index in [1.165, 1.54) is 25.3 Å². The summed E-state index contributed by atoms with van der Waals surface area (Å²) in [4.78, 5) is 10.6. The SMILES string of the molecule is CNC1CCCC1Cc1cccc([N+](=O)[O-])c1Br. The van der Waals surface area contributed by atoms with Crippen LogP contribution in [0, 0.1) is 16.0 Å². The van der Waals surface area contributed by atoms with Crippen molar-refractivity contribution in [1.82, 2.24) is 5.32 Å². The van der Waals surface area contributed by atoms with Crippen molar-refractivity contribution >= 4 is 21.6 Å². The first kappa shape index (κ1) is 13.5. The molecule has 2 unspecified atom stereocenters. The quantitative estimate of drug-likeness (QED) is 0.685. The molecular formula is C13H17BrN2O2. The molecule has 1 N–H and O–H groups in total. The van der Waals surface area contributed by atoms with Gasteiger partial charge in [0.25, 0.3) is 5.69 Å². The lowest BCUT2D eigenvalue weighted by atomic mass is 9.94. The first-order valence-corrected chi connectivity index (χ1v) is 7.02. The van der Waals surface area contributed by atoms with Crippen LogP contribution in [0.4, 0.5) is 5.69 Å². The lowest BCUT2D eigenvalue weighted by Crippen LogP contribution is -2.30. The maximum Gasteiger partial charge on any atom is 0.283 e. The molecule has 4 nitrogen and oxygen atoms in total. The Hall–Kier alpha value is -0.940. The van der Waals surface area contributed by atoms with Gasteiger partial charge in [0.05, 0.1) is 9.40 Å². The fourth-order valence-corrected chi connectivity index (χ4v) is 3.38. The minimum atomic E-state index is -0.336. The molecule has 0 radical (unpaired) electrons. The van der Waals surface area contributed by atoms with Gasteiger partial charge in [-0.2, -0.15) is 0 Å². The fourth-order valence-electron chi connectivity index (χ4n) is 2.81. The van der Waals surface area contributed by atoms with Crippen LogP contribution in [0.5, 0.6) is 0 Å². The lowest BCUT2D eigenvalue weighted by molar-refractivity contribution is -0.385. The van der Waals surface area contributed by atoms with Crippen molar-refractivity contribution < 1.29 is 4.92 Å². The van der Waals surface area contributed by atoms with Crippen LogP contribution in [0.2, 0.25) is 0 Å². The highest BCUT2D eigenvalue weighted by atomic mass is 79.9. The zero-order chi connectivity index (χ0) is 13.1. The zero-order valence-corrected chi connectivity index (χ0v) is 11.9. The molecule has 1 fully saturated rings. The Labute approximate surface area is 115 Å². The minimum Gasteiger partial charge on any atom is -0.317 e. The third kappa shape index (κ3) is 2.72. The number of rotatable bonds is 4. The topological polar surface area (TPSA) is 55.2 Å². The second-order valence-corrected chi connectivity index (χ2v) is 5.59. The highest BCUT2D eigenvalue weighted by molar-refractivity contribution is 9.10. The van der Waals surface area contributed by atoms with Crippen molar-refractivity contribution in [1.29, 1.82) is 0 Å². The van der Waals surface area contributed by atoms with E-state index < -0.39 is 0 Å². The van der Waals surface area contributed by atoms with Gasteiger partial charge in [0.15, 0.2) is 0 Å². The van der Waals surface area contributed by atoms with E-state index in [1.807, 2.05) is 13.1 Å².